The summed E-state index contributed by atoms with van der Waals surface area (Å²) in [5.74, 6) is -6.91. The van der Waals surface area contributed by atoms with Gasteiger partial charge in [-0.05, 0) is 48.3 Å². The molecule has 4 amide bonds. The molecule has 0 spiro atoms. The number of hydrogen-bond donors (Lipinski definition) is 3. The van der Waals surface area contributed by atoms with E-state index in [0.29, 0.717) is 37.6 Å². The number of halogens is 3. The maximum atomic E-state index is 14.2. The van der Waals surface area contributed by atoms with E-state index in [-0.39, 0.29) is 37.0 Å². The molecule has 14 heteroatoms. The fourth-order valence-corrected chi connectivity index (χ4v) is 6.73. The van der Waals surface area contributed by atoms with Gasteiger partial charge in [-0.25, -0.2) is 0 Å². The van der Waals surface area contributed by atoms with Crippen LogP contribution < -0.4 is 16.0 Å². The number of hydrogen-bond acceptors (Lipinski definition) is 7. The summed E-state index contributed by atoms with van der Waals surface area (Å²) in [7, 11) is 0. The molecule has 2 aromatic rings. The lowest BCUT2D eigenvalue weighted by molar-refractivity contribution is -0.176. The molecule has 4 rings (SSSR count). The Kier molecular flexibility index (Phi) is 12.6. The van der Waals surface area contributed by atoms with E-state index in [1.54, 1.807) is 41.7 Å². The summed E-state index contributed by atoms with van der Waals surface area (Å²) in [6, 6.07) is 7.47. The fraction of sp³-hybridized carbons (Fsp3) is 0.568. The molecule has 0 saturated carbocycles. The highest BCUT2D eigenvalue weighted by atomic mass is 19.4. The van der Waals surface area contributed by atoms with E-state index in [9.17, 15) is 41.9 Å². The van der Waals surface area contributed by atoms with Gasteiger partial charge < -0.3 is 25.6 Å². The average molecular weight is 717 g/mol. The number of fused-ring (bicyclic) bond motifs is 1. The van der Waals surface area contributed by atoms with Gasteiger partial charge in [0.2, 0.25) is 29.3 Å². The van der Waals surface area contributed by atoms with Crippen LogP contribution in [0.3, 0.4) is 0 Å². The minimum Gasteiger partial charge on any atom is -0.373 e. The molecule has 3 N–H and O–H groups in total. The number of amides is 4. The maximum Gasteiger partial charge on any atom is 0.471 e. The van der Waals surface area contributed by atoms with E-state index < -0.39 is 71.0 Å². The van der Waals surface area contributed by atoms with Gasteiger partial charge >= 0.3 is 12.1 Å². The number of Topliss-reactive ketones (excluding diaryl/α,β-unsaturated/α-hetero) is 2. The van der Waals surface area contributed by atoms with Crippen molar-refractivity contribution in [3.63, 3.8) is 0 Å². The van der Waals surface area contributed by atoms with E-state index in [1.165, 1.54) is 26.8 Å². The summed E-state index contributed by atoms with van der Waals surface area (Å²) in [6.45, 7) is 8.55. The number of ketones is 2. The van der Waals surface area contributed by atoms with Crippen molar-refractivity contribution in [1.82, 2.24) is 20.9 Å². The third kappa shape index (κ3) is 9.52. The molecule has 278 valence electrons. The lowest BCUT2D eigenvalue weighted by Crippen LogP contribution is -2.60. The van der Waals surface area contributed by atoms with Gasteiger partial charge in [-0.3, -0.25) is 28.8 Å². The molecule has 2 aliphatic rings. The fourth-order valence-electron chi connectivity index (χ4n) is 6.73. The van der Waals surface area contributed by atoms with E-state index in [4.69, 9.17) is 4.74 Å². The summed E-state index contributed by atoms with van der Waals surface area (Å²) in [6.07, 6.45) is -4.13. The van der Waals surface area contributed by atoms with Crippen molar-refractivity contribution in [2.24, 2.45) is 11.3 Å². The Morgan fingerprint density at radius 2 is 1.65 bits per heavy atom. The molecule has 2 aliphatic heterocycles. The van der Waals surface area contributed by atoms with Crippen LogP contribution in [0.1, 0.15) is 83.5 Å². The monoisotopic (exact) mass is 716 g/mol. The smallest absolute Gasteiger partial charge is 0.373 e. The number of piperidine rings is 1. The second-order valence-electron chi connectivity index (χ2n) is 14.4. The molecule has 0 radical (unpaired) electrons. The molecular formula is C37H47F3N4O7. The minimum absolute atomic E-state index is 0.0553. The number of ether oxygens (including phenoxy) is 1. The third-order valence-corrected chi connectivity index (χ3v) is 9.60. The van der Waals surface area contributed by atoms with Crippen LogP contribution in [-0.2, 0) is 28.7 Å². The number of carbonyl (C=O) groups is 6. The van der Waals surface area contributed by atoms with Crippen molar-refractivity contribution < 1.29 is 46.7 Å². The maximum absolute atomic E-state index is 14.2. The normalized spacial score (nSPS) is 20.8. The first kappa shape index (κ1) is 39.5. The lowest BCUT2D eigenvalue weighted by atomic mass is 9.85. The zero-order valence-corrected chi connectivity index (χ0v) is 29.6. The standard InChI is InChI=1S/C37H47F3N4O7/c1-6-23(7-2)51-24-19-28(44(20-24)34(49)31(36(3,4)5)43-35(50)37(38,39)40)33(48)42-27(18-22-14-11-17-41-32(22)47)30(46)29(45)26-16-10-13-21-12-8-9-15-25(21)26/h8-10,12-13,15-16,22-24,27-28,31H,6-7,11,14,17-20H2,1-5H3,(H,41,47)(H,42,48)(H,43,50)/t22?,24-,27?,28+,31-/m1/s1. The number of alkyl halides is 3. The van der Waals surface area contributed by atoms with E-state index in [0.717, 1.165) is 10.3 Å². The molecule has 5 atom stereocenters. The highest BCUT2D eigenvalue weighted by molar-refractivity contribution is 6.47. The predicted molar refractivity (Wildman–Crippen MR) is 182 cm³/mol. The zero-order chi connectivity index (χ0) is 37.7. The molecule has 51 heavy (non-hydrogen) atoms. The van der Waals surface area contributed by atoms with Crippen LogP contribution in [0, 0.1) is 11.3 Å². The summed E-state index contributed by atoms with van der Waals surface area (Å²) in [5, 5.41) is 8.45. The van der Waals surface area contributed by atoms with Gasteiger partial charge in [0.05, 0.1) is 18.2 Å². The topological polar surface area (TPSA) is 151 Å². The van der Waals surface area contributed by atoms with Crippen LogP contribution in [0.5, 0.6) is 0 Å². The number of carbonyl (C=O) groups excluding carboxylic acids is 6. The molecule has 0 aromatic heterocycles. The number of benzene rings is 2. The quantitative estimate of drug-likeness (QED) is 0.207. The summed E-state index contributed by atoms with van der Waals surface area (Å²) >= 11 is 0. The van der Waals surface area contributed by atoms with Crippen LogP contribution in [-0.4, -0.2) is 89.7 Å². The largest absolute Gasteiger partial charge is 0.471 e. The Morgan fingerprint density at radius 1 is 0.980 bits per heavy atom. The highest BCUT2D eigenvalue weighted by Crippen LogP contribution is 2.30. The first-order valence-corrected chi connectivity index (χ1v) is 17.4. The molecule has 0 bridgehead atoms. The van der Waals surface area contributed by atoms with Crippen LogP contribution in [0.15, 0.2) is 42.5 Å². The van der Waals surface area contributed by atoms with Gasteiger partial charge in [0.25, 0.3) is 0 Å². The minimum atomic E-state index is -5.26. The molecular weight excluding hydrogens is 669 g/mol. The van der Waals surface area contributed by atoms with E-state index >= 15 is 0 Å². The van der Waals surface area contributed by atoms with Crippen LogP contribution >= 0.6 is 0 Å². The van der Waals surface area contributed by atoms with E-state index in [1.807, 2.05) is 13.8 Å². The van der Waals surface area contributed by atoms with Gasteiger partial charge in [0.15, 0.2) is 0 Å². The number of likely N-dealkylation sites (tertiary alicyclic amines) is 1. The van der Waals surface area contributed by atoms with Crippen molar-refractivity contribution >= 4 is 46.0 Å². The lowest BCUT2D eigenvalue weighted by Gasteiger charge is -2.36. The SMILES string of the molecule is CCC(CC)O[C@@H]1C[C@@H](C(=O)NC(CC2CCCNC2=O)C(=O)C(=O)c2cccc3ccccc23)N(C(=O)[C@@H](NC(=O)C(F)(F)F)C(C)(C)C)C1. The Bertz CT molecular complexity index is 1630. The predicted octanol–water partition coefficient (Wildman–Crippen LogP) is 4.26. The number of nitrogens with one attached hydrogen (secondary N) is 3. The molecule has 2 aromatic carbocycles. The summed E-state index contributed by atoms with van der Waals surface area (Å²) in [5.41, 5.74) is -1.08. The van der Waals surface area contributed by atoms with Crippen molar-refractivity contribution in [2.75, 3.05) is 13.1 Å². The van der Waals surface area contributed by atoms with Crippen molar-refractivity contribution in [1.29, 1.82) is 0 Å². The van der Waals surface area contributed by atoms with Crippen LogP contribution in [0.2, 0.25) is 0 Å². The van der Waals surface area contributed by atoms with E-state index in [2.05, 4.69) is 10.6 Å². The first-order chi connectivity index (χ1) is 24.0. The highest BCUT2D eigenvalue weighted by Gasteiger charge is 2.49. The second-order valence-corrected chi connectivity index (χ2v) is 14.4. The van der Waals surface area contributed by atoms with Gasteiger partial charge in [-0.15, -0.1) is 0 Å². The van der Waals surface area contributed by atoms with Gasteiger partial charge in [-0.1, -0.05) is 77.1 Å². The van der Waals surface area contributed by atoms with Crippen LogP contribution in [0.25, 0.3) is 10.8 Å². The molecule has 0 aliphatic carbocycles. The van der Waals surface area contributed by atoms with Crippen LogP contribution in [0.4, 0.5) is 13.2 Å². The second kappa shape index (κ2) is 16.3. The molecule has 2 heterocycles. The van der Waals surface area contributed by atoms with Crippen molar-refractivity contribution in [2.45, 2.75) is 110 Å². The third-order valence-electron chi connectivity index (χ3n) is 9.60. The number of nitrogens with zero attached hydrogens (tertiary/aromatic N) is 1. The van der Waals surface area contributed by atoms with Gasteiger partial charge in [0, 0.05) is 31.0 Å². The molecule has 2 saturated heterocycles. The van der Waals surface area contributed by atoms with Crippen molar-refractivity contribution in [3.05, 3.63) is 48.0 Å². The summed E-state index contributed by atoms with van der Waals surface area (Å²) in [4.78, 5) is 82.0. The average Bonchev–Trinajstić information content (AvgIpc) is 3.52. The van der Waals surface area contributed by atoms with Crippen molar-refractivity contribution in [3.8, 4) is 0 Å². The molecule has 11 nitrogen and oxygen atoms in total. The Morgan fingerprint density at radius 3 is 2.27 bits per heavy atom. The first-order valence-electron chi connectivity index (χ1n) is 17.4. The zero-order valence-electron chi connectivity index (χ0n) is 29.6. The Labute approximate surface area is 295 Å². The Balaban J connectivity index is 1.68. The molecule has 2 fully saturated rings. The summed E-state index contributed by atoms with van der Waals surface area (Å²) < 4.78 is 46.2. The van der Waals surface area contributed by atoms with Gasteiger partial charge in [0.1, 0.15) is 12.1 Å². The number of rotatable bonds is 13. The Hall–Kier alpha value is -4.33. The van der Waals surface area contributed by atoms with Gasteiger partial charge in [-0.2, -0.15) is 13.2 Å². The molecule has 2 unspecified atom stereocenters.